The number of hydrogen-bond acceptors (Lipinski definition) is 2. The SMILES string of the molecule is COB(O)c1ccc(C)c(C)c1C. The molecule has 0 aliphatic carbocycles. The first-order valence-electron chi connectivity index (χ1n) is 4.35. The van der Waals surface area contributed by atoms with Crippen LogP contribution in [-0.4, -0.2) is 19.3 Å². The zero-order valence-corrected chi connectivity index (χ0v) is 8.59. The zero-order valence-electron chi connectivity index (χ0n) is 8.59. The molecule has 0 saturated heterocycles. The molecule has 1 N–H and O–H groups in total. The first-order valence-corrected chi connectivity index (χ1v) is 4.35. The van der Waals surface area contributed by atoms with Crippen LogP contribution in [0.15, 0.2) is 12.1 Å². The minimum absolute atomic E-state index is 0.806. The summed E-state index contributed by atoms with van der Waals surface area (Å²) >= 11 is 0. The maximum Gasteiger partial charge on any atom is 0.491 e. The van der Waals surface area contributed by atoms with Gasteiger partial charge in [0.2, 0.25) is 0 Å². The van der Waals surface area contributed by atoms with E-state index in [2.05, 4.69) is 13.8 Å². The third-order valence-corrected chi connectivity index (χ3v) is 2.59. The van der Waals surface area contributed by atoms with Gasteiger partial charge in [0.25, 0.3) is 0 Å². The van der Waals surface area contributed by atoms with E-state index in [1.165, 1.54) is 18.2 Å². The van der Waals surface area contributed by atoms with Gasteiger partial charge in [-0.05, 0) is 42.9 Å². The summed E-state index contributed by atoms with van der Waals surface area (Å²) in [5.74, 6) is 0. The molecule has 70 valence electrons. The van der Waals surface area contributed by atoms with Crippen molar-refractivity contribution in [3.05, 3.63) is 28.8 Å². The van der Waals surface area contributed by atoms with Crippen LogP contribution in [0, 0.1) is 20.8 Å². The highest BCUT2D eigenvalue weighted by molar-refractivity contribution is 6.60. The van der Waals surface area contributed by atoms with E-state index in [1.54, 1.807) is 0 Å². The summed E-state index contributed by atoms with van der Waals surface area (Å²) in [6.07, 6.45) is 0. The fourth-order valence-corrected chi connectivity index (χ4v) is 1.37. The Balaban J connectivity index is 3.18. The molecule has 13 heavy (non-hydrogen) atoms. The second-order valence-corrected chi connectivity index (χ2v) is 3.31. The van der Waals surface area contributed by atoms with Gasteiger partial charge in [-0.3, -0.25) is 0 Å². The summed E-state index contributed by atoms with van der Waals surface area (Å²) in [6.45, 7) is 6.11. The summed E-state index contributed by atoms with van der Waals surface area (Å²) in [6, 6.07) is 3.91. The van der Waals surface area contributed by atoms with Crippen LogP contribution in [0.1, 0.15) is 16.7 Å². The number of aryl methyl sites for hydroxylation is 1. The summed E-state index contributed by atoms with van der Waals surface area (Å²) in [4.78, 5) is 0. The molecule has 0 aromatic heterocycles. The van der Waals surface area contributed by atoms with Gasteiger partial charge in [-0.25, -0.2) is 0 Å². The number of rotatable bonds is 2. The van der Waals surface area contributed by atoms with Gasteiger partial charge in [-0.1, -0.05) is 12.1 Å². The maximum absolute atomic E-state index is 9.50. The van der Waals surface area contributed by atoms with Crippen molar-refractivity contribution in [1.29, 1.82) is 0 Å². The van der Waals surface area contributed by atoms with E-state index in [4.69, 9.17) is 4.65 Å². The lowest BCUT2D eigenvalue weighted by atomic mass is 9.75. The highest BCUT2D eigenvalue weighted by atomic mass is 16.5. The van der Waals surface area contributed by atoms with Gasteiger partial charge >= 0.3 is 7.12 Å². The van der Waals surface area contributed by atoms with Crippen LogP contribution in [0.5, 0.6) is 0 Å². The zero-order chi connectivity index (χ0) is 10.0. The Labute approximate surface area is 79.7 Å². The highest BCUT2D eigenvalue weighted by Gasteiger charge is 2.17. The third-order valence-electron chi connectivity index (χ3n) is 2.59. The number of benzene rings is 1. The van der Waals surface area contributed by atoms with Crippen molar-refractivity contribution in [3.63, 3.8) is 0 Å². The average Bonchev–Trinajstić information content (AvgIpc) is 2.13. The Hall–Kier alpha value is -0.795. The molecular formula is C10H15BO2. The predicted molar refractivity (Wildman–Crippen MR) is 55.3 cm³/mol. The summed E-state index contributed by atoms with van der Waals surface area (Å²) in [5.41, 5.74) is 4.41. The monoisotopic (exact) mass is 178 g/mol. The lowest BCUT2D eigenvalue weighted by molar-refractivity contribution is 0.341. The van der Waals surface area contributed by atoms with E-state index in [9.17, 15) is 5.02 Å². The van der Waals surface area contributed by atoms with Crippen molar-refractivity contribution >= 4 is 12.6 Å². The Morgan fingerprint density at radius 1 is 1.15 bits per heavy atom. The molecule has 0 saturated carbocycles. The molecule has 0 atom stereocenters. The third kappa shape index (κ3) is 1.93. The lowest BCUT2D eigenvalue weighted by Crippen LogP contribution is -2.34. The van der Waals surface area contributed by atoms with Crippen LogP contribution in [0.3, 0.4) is 0 Å². The predicted octanol–water partition coefficient (Wildman–Crippen LogP) is 0.946. The van der Waals surface area contributed by atoms with Crippen LogP contribution in [-0.2, 0) is 4.65 Å². The van der Waals surface area contributed by atoms with E-state index in [1.807, 2.05) is 19.1 Å². The van der Waals surface area contributed by atoms with Crippen LogP contribution in [0.25, 0.3) is 0 Å². The van der Waals surface area contributed by atoms with Crippen molar-refractivity contribution in [2.75, 3.05) is 7.11 Å². The molecule has 0 fully saturated rings. The molecule has 1 rings (SSSR count). The first kappa shape index (κ1) is 10.3. The van der Waals surface area contributed by atoms with Gasteiger partial charge in [-0.15, -0.1) is 0 Å². The Morgan fingerprint density at radius 3 is 2.31 bits per heavy atom. The highest BCUT2D eigenvalue weighted by Crippen LogP contribution is 2.09. The van der Waals surface area contributed by atoms with Gasteiger partial charge in [0.05, 0.1) is 0 Å². The lowest BCUT2D eigenvalue weighted by Gasteiger charge is -2.11. The van der Waals surface area contributed by atoms with Crippen molar-refractivity contribution in [2.45, 2.75) is 20.8 Å². The molecule has 1 aromatic carbocycles. The molecule has 0 unspecified atom stereocenters. The Morgan fingerprint density at radius 2 is 1.77 bits per heavy atom. The van der Waals surface area contributed by atoms with Crippen LogP contribution in [0.4, 0.5) is 0 Å². The molecule has 0 radical (unpaired) electrons. The molecular weight excluding hydrogens is 163 g/mol. The molecule has 0 aliphatic heterocycles. The Bertz CT molecular complexity index is 310. The fourth-order valence-electron chi connectivity index (χ4n) is 1.37. The second-order valence-electron chi connectivity index (χ2n) is 3.31. The molecule has 0 heterocycles. The number of hydrogen-bond donors (Lipinski definition) is 1. The molecule has 3 heteroatoms. The molecule has 2 nitrogen and oxygen atoms in total. The molecule has 0 amide bonds. The van der Waals surface area contributed by atoms with Gasteiger partial charge in [-0.2, -0.15) is 0 Å². The largest absolute Gasteiger partial charge is 0.491 e. The quantitative estimate of drug-likeness (QED) is 0.683. The van der Waals surface area contributed by atoms with Gasteiger partial charge in [0.15, 0.2) is 0 Å². The average molecular weight is 178 g/mol. The minimum Gasteiger partial charge on any atom is -0.423 e. The van der Waals surface area contributed by atoms with E-state index < -0.39 is 7.12 Å². The second kappa shape index (κ2) is 3.94. The summed E-state index contributed by atoms with van der Waals surface area (Å²) in [7, 11) is 0.693. The minimum atomic E-state index is -0.806. The first-order chi connectivity index (χ1) is 6.07. The normalized spacial score (nSPS) is 10.2. The van der Waals surface area contributed by atoms with Gasteiger partial charge in [0, 0.05) is 7.11 Å². The van der Waals surface area contributed by atoms with E-state index in [0.29, 0.717) is 0 Å². The van der Waals surface area contributed by atoms with Crippen molar-refractivity contribution < 1.29 is 9.68 Å². The van der Waals surface area contributed by atoms with Crippen molar-refractivity contribution in [1.82, 2.24) is 0 Å². The fraction of sp³-hybridized carbons (Fsp3) is 0.400. The standard InChI is InChI=1S/C10H15BO2/c1-7-5-6-10(11(12)13-4)9(3)8(7)2/h5-6,12H,1-4H3. The van der Waals surface area contributed by atoms with Gasteiger partial charge < -0.3 is 9.68 Å². The molecule has 0 spiro atoms. The maximum atomic E-state index is 9.50. The summed E-state index contributed by atoms with van der Waals surface area (Å²) < 4.78 is 4.87. The van der Waals surface area contributed by atoms with Crippen LogP contribution >= 0.6 is 0 Å². The van der Waals surface area contributed by atoms with Crippen LogP contribution < -0.4 is 5.46 Å². The van der Waals surface area contributed by atoms with Crippen molar-refractivity contribution in [3.8, 4) is 0 Å². The van der Waals surface area contributed by atoms with Gasteiger partial charge in [0.1, 0.15) is 0 Å². The molecule has 0 aliphatic rings. The van der Waals surface area contributed by atoms with E-state index in [0.717, 1.165) is 11.0 Å². The van der Waals surface area contributed by atoms with Crippen molar-refractivity contribution in [2.24, 2.45) is 0 Å². The smallest absolute Gasteiger partial charge is 0.423 e. The Kier molecular flexibility index (Phi) is 3.12. The van der Waals surface area contributed by atoms with Crippen LogP contribution in [0.2, 0.25) is 0 Å². The molecule has 1 aromatic rings. The summed E-state index contributed by atoms with van der Waals surface area (Å²) in [5, 5.41) is 9.50. The van der Waals surface area contributed by atoms with E-state index >= 15 is 0 Å². The topological polar surface area (TPSA) is 29.5 Å². The molecule has 0 bridgehead atoms. The van der Waals surface area contributed by atoms with E-state index in [-0.39, 0.29) is 0 Å².